The lowest BCUT2D eigenvalue weighted by molar-refractivity contribution is 0.649. The molecule has 1 heterocycles. The molecule has 0 radical (unpaired) electrons. The summed E-state index contributed by atoms with van der Waals surface area (Å²) in [5, 5.41) is 4.74. The maximum atomic E-state index is 4.49. The highest BCUT2D eigenvalue weighted by atomic mass is 32.1. The van der Waals surface area contributed by atoms with Crippen molar-refractivity contribution in [2.45, 2.75) is 39.8 Å². The van der Waals surface area contributed by atoms with Crippen LogP contribution in [0.1, 0.15) is 28.9 Å². The highest BCUT2D eigenvalue weighted by Gasteiger charge is 2.31. The Balaban J connectivity index is 1.87. The molecule has 0 saturated heterocycles. The minimum absolute atomic E-state index is 0.754. The monoisotopic (exact) mass is 196 g/mol. The molecule has 2 rings (SSSR count). The Bertz CT molecular complexity index is 286. The zero-order valence-corrected chi connectivity index (χ0v) is 9.24. The topological polar surface area (TPSA) is 24.9 Å². The van der Waals surface area contributed by atoms with Gasteiger partial charge in [-0.3, -0.25) is 0 Å². The van der Waals surface area contributed by atoms with Gasteiger partial charge in [0.25, 0.3) is 0 Å². The Morgan fingerprint density at radius 2 is 2.23 bits per heavy atom. The minimum atomic E-state index is 0.754. The van der Waals surface area contributed by atoms with Gasteiger partial charge >= 0.3 is 0 Å². The van der Waals surface area contributed by atoms with Gasteiger partial charge in [-0.25, -0.2) is 4.98 Å². The number of nitrogens with zero attached hydrogens (tertiary/aromatic N) is 1. The number of rotatable bonds is 3. The number of hydrogen-bond acceptors (Lipinski definition) is 3. The van der Waals surface area contributed by atoms with Crippen molar-refractivity contribution in [3.63, 3.8) is 0 Å². The Kier molecular flexibility index (Phi) is 2.39. The van der Waals surface area contributed by atoms with Crippen LogP contribution >= 0.6 is 11.3 Å². The second-order valence-corrected chi connectivity index (χ2v) is 5.24. The first-order valence-corrected chi connectivity index (χ1v) is 5.64. The summed E-state index contributed by atoms with van der Waals surface area (Å²) < 4.78 is 0. The average molecular weight is 196 g/mol. The Morgan fingerprint density at radius 3 is 2.69 bits per heavy atom. The van der Waals surface area contributed by atoms with Crippen LogP contribution in [0.4, 0.5) is 0 Å². The summed E-state index contributed by atoms with van der Waals surface area (Å²) in [6, 6.07) is 0.754. The maximum Gasteiger partial charge on any atom is 0.107 e. The van der Waals surface area contributed by atoms with E-state index in [1.54, 1.807) is 0 Å². The van der Waals surface area contributed by atoms with Gasteiger partial charge in [-0.05, 0) is 26.2 Å². The van der Waals surface area contributed by atoms with Gasteiger partial charge in [0.1, 0.15) is 5.01 Å². The zero-order valence-electron chi connectivity index (χ0n) is 8.42. The molecule has 1 N–H and O–H groups in total. The minimum Gasteiger partial charge on any atom is -0.307 e. The summed E-state index contributed by atoms with van der Waals surface area (Å²) in [6.07, 6.45) is 1.34. The van der Waals surface area contributed by atoms with E-state index in [0.717, 1.165) is 18.5 Å². The lowest BCUT2D eigenvalue weighted by Gasteiger charge is -1.97. The summed E-state index contributed by atoms with van der Waals surface area (Å²) >= 11 is 1.81. The number of hydrogen-bond donors (Lipinski definition) is 1. The predicted molar refractivity (Wildman–Crippen MR) is 56.0 cm³/mol. The summed E-state index contributed by atoms with van der Waals surface area (Å²) in [6.45, 7) is 7.45. The zero-order chi connectivity index (χ0) is 9.42. The lowest BCUT2D eigenvalue weighted by Crippen LogP contribution is -2.16. The van der Waals surface area contributed by atoms with Crippen molar-refractivity contribution in [1.82, 2.24) is 10.3 Å². The molecule has 2 atom stereocenters. The molecule has 2 nitrogen and oxygen atoms in total. The molecule has 1 aromatic rings. The fraction of sp³-hybridized carbons (Fsp3) is 0.700. The fourth-order valence-electron chi connectivity index (χ4n) is 1.44. The summed E-state index contributed by atoms with van der Waals surface area (Å²) in [4.78, 5) is 5.84. The van der Waals surface area contributed by atoms with Gasteiger partial charge in [0, 0.05) is 17.5 Å². The number of nitrogens with one attached hydrogen (secondary N) is 1. The highest BCUT2D eigenvalue weighted by molar-refractivity contribution is 7.11. The van der Waals surface area contributed by atoms with Gasteiger partial charge in [-0.15, -0.1) is 11.3 Å². The molecule has 1 fully saturated rings. The molecule has 0 aromatic carbocycles. The number of aromatic nitrogens is 1. The van der Waals surface area contributed by atoms with Gasteiger partial charge in [-0.2, -0.15) is 0 Å². The van der Waals surface area contributed by atoms with E-state index in [1.807, 2.05) is 11.3 Å². The molecular weight excluding hydrogens is 180 g/mol. The van der Waals surface area contributed by atoms with E-state index in [-0.39, 0.29) is 0 Å². The number of aryl methyl sites for hydroxylation is 2. The Labute approximate surface area is 83.4 Å². The van der Waals surface area contributed by atoms with E-state index in [2.05, 4.69) is 31.1 Å². The van der Waals surface area contributed by atoms with Crippen molar-refractivity contribution >= 4 is 11.3 Å². The van der Waals surface area contributed by atoms with Crippen molar-refractivity contribution in [3.8, 4) is 0 Å². The Morgan fingerprint density at radius 1 is 1.54 bits per heavy atom. The predicted octanol–water partition coefficient (Wildman–Crippen LogP) is 2.26. The van der Waals surface area contributed by atoms with Crippen LogP contribution in [0.25, 0.3) is 0 Å². The molecule has 1 aliphatic carbocycles. The highest BCUT2D eigenvalue weighted by Crippen LogP contribution is 2.29. The second kappa shape index (κ2) is 3.39. The first-order chi connectivity index (χ1) is 6.16. The average Bonchev–Trinajstić information content (AvgIpc) is 2.68. The molecule has 1 aliphatic rings. The van der Waals surface area contributed by atoms with Crippen molar-refractivity contribution in [3.05, 3.63) is 15.6 Å². The van der Waals surface area contributed by atoms with Crippen LogP contribution in [0.5, 0.6) is 0 Å². The first-order valence-electron chi connectivity index (χ1n) is 4.83. The lowest BCUT2D eigenvalue weighted by atomic mass is 10.4. The Hall–Kier alpha value is -0.410. The smallest absolute Gasteiger partial charge is 0.107 e. The third kappa shape index (κ3) is 2.09. The third-order valence-corrected chi connectivity index (χ3v) is 3.77. The van der Waals surface area contributed by atoms with Crippen LogP contribution in [0.15, 0.2) is 0 Å². The first kappa shape index (κ1) is 9.16. The van der Waals surface area contributed by atoms with Crippen molar-refractivity contribution in [1.29, 1.82) is 0 Å². The largest absolute Gasteiger partial charge is 0.307 e. The molecule has 72 valence electrons. The van der Waals surface area contributed by atoms with E-state index >= 15 is 0 Å². The molecule has 0 amide bonds. The van der Waals surface area contributed by atoms with Crippen LogP contribution in [0.2, 0.25) is 0 Å². The molecule has 0 spiro atoms. The number of thiazole rings is 1. The van der Waals surface area contributed by atoms with Crippen LogP contribution < -0.4 is 5.32 Å². The van der Waals surface area contributed by atoms with E-state index in [4.69, 9.17) is 0 Å². The summed E-state index contributed by atoms with van der Waals surface area (Å²) in [5.41, 5.74) is 1.19. The van der Waals surface area contributed by atoms with E-state index < -0.39 is 0 Å². The quantitative estimate of drug-likeness (QED) is 0.802. The van der Waals surface area contributed by atoms with Crippen LogP contribution in [0, 0.1) is 19.8 Å². The van der Waals surface area contributed by atoms with Gasteiger partial charge < -0.3 is 5.32 Å². The summed E-state index contributed by atoms with van der Waals surface area (Å²) in [5.74, 6) is 0.877. The molecule has 2 unspecified atom stereocenters. The molecule has 1 saturated carbocycles. The van der Waals surface area contributed by atoms with Crippen molar-refractivity contribution in [2.75, 3.05) is 0 Å². The molecule has 13 heavy (non-hydrogen) atoms. The molecule has 3 heteroatoms. The van der Waals surface area contributed by atoms with E-state index in [0.29, 0.717) is 0 Å². The maximum absolute atomic E-state index is 4.49. The molecule has 0 aliphatic heterocycles. The third-order valence-electron chi connectivity index (χ3n) is 2.70. The fourth-order valence-corrected chi connectivity index (χ4v) is 2.32. The normalized spacial score (nSPS) is 26.4. The van der Waals surface area contributed by atoms with Gasteiger partial charge in [0.05, 0.1) is 5.69 Å². The van der Waals surface area contributed by atoms with Crippen molar-refractivity contribution in [2.24, 2.45) is 5.92 Å². The van der Waals surface area contributed by atoms with E-state index in [9.17, 15) is 0 Å². The van der Waals surface area contributed by atoms with E-state index in [1.165, 1.54) is 22.0 Å². The van der Waals surface area contributed by atoms with Gasteiger partial charge in [0.2, 0.25) is 0 Å². The molecule has 0 bridgehead atoms. The van der Waals surface area contributed by atoms with Crippen LogP contribution in [0.3, 0.4) is 0 Å². The SMILES string of the molecule is Cc1nc(CNC2CC2C)sc1C. The molecular formula is C10H16N2S. The summed E-state index contributed by atoms with van der Waals surface area (Å²) in [7, 11) is 0. The second-order valence-electron chi connectivity index (χ2n) is 3.95. The standard InChI is InChI=1S/C10H16N2S/c1-6-4-9(6)11-5-10-12-7(2)8(3)13-10/h6,9,11H,4-5H2,1-3H3. The van der Waals surface area contributed by atoms with Gasteiger partial charge in [-0.1, -0.05) is 6.92 Å². The van der Waals surface area contributed by atoms with Gasteiger partial charge in [0.15, 0.2) is 0 Å². The molecule has 1 aromatic heterocycles. The van der Waals surface area contributed by atoms with Crippen LogP contribution in [-0.4, -0.2) is 11.0 Å². The van der Waals surface area contributed by atoms with Crippen LogP contribution in [-0.2, 0) is 6.54 Å². The van der Waals surface area contributed by atoms with Crippen molar-refractivity contribution < 1.29 is 0 Å².